The number of nitrogens with zero attached hydrogens (tertiary/aromatic N) is 5. The lowest BCUT2D eigenvalue weighted by molar-refractivity contribution is -0.183. The van der Waals surface area contributed by atoms with Crippen molar-refractivity contribution in [2.45, 2.75) is 76.6 Å². The monoisotopic (exact) mass is 665 g/mol. The Morgan fingerprint density at radius 3 is 2.64 bits per heavy atom. The Bertz CT molecular complexity index is 1570. The zero-order valence-corrected chi connectivity index (χ0v) is 26.4. The highest BCUT2D eigenvalue weighted by Crippen LogP contribution is 2.41. The highest BCUT2D eigenvalue weighted by Gasteiger charge is 2.45. The third kappa shape index (κ3) is 8.23. The van der Waals surface area contributed by atoms with Gasteiger partial charge in [0.25, 0.3) is 0 Å². The van der Waals surface area contributed by atoms with Gasteiger partial charge in [-0.15, -0.1) is 0 Å². The van der Waals surface area contributed by atoms with Gasteiger partial charge in [-0.2, -0.15) is 23.4 Å². The summed E-state index contributed by atoms with van der Waals surface area (Å²) >= 11 is 0. The Morgan fingerprint density at radius 1 is 1.26 bits per heavy atom. The normalized spacial score (nSPS) is 22.6. The smallest absolute Gasteiger partial charge is 0.377 e. The first kappa shape index (κ1) is 34.6. The Hall–Kier alpha value is -3.72. The van der Waals surface area contributed by atoms with Gasteiger partial charge in [-0.3, -0.25) is 14.3 Å². The van der Waals surface area contributed by atoms with Gasteiger partial charge in [-0.1, -0.05) is 6.08 Å². The minimum absolute atomic E-state index is 0.00748. The first-order valence-electron chi connectivity index (χ1n) is 15.9. The number of aldehydes is 1. The molecular formula is C32H40F5N7O3. The van der Waals surface area contributed by atoms with Crippen LogP contribution < -0.4 is 10.6 Å². The number of piperidine rings is 1. The molecule has 1 saturated carbocycles. The van der Waals surface area contributed by atoms with E-state index >= 15 is 0 Å². The zero-order valence-electron chi connectivity index (χ0n) is 26.4. The topological polar surface area (TPSA) is 115 Å². The molecule has 5 heterocycles. The van der Waals surface area contributed by atoms with Gasteiger partial charge in [0.2, 0.25) is 11.8 Å². The van der Waals surface area contributed by atoms with Crippen molar-refractivity contribution in [2.75, 3.05) is 26.8 Å². The molecule has 3 aromatic heterocycles. The SMILES string of the molecule is CCn1nccc1C=O.CNC(c1cn2nc(CC3CC(C(F)(F)F)CNC3=O)c(C3=CCOCC3)cc2n1)C1CCC(F)(F)CC1. The van der Waals surface area contributed by atoms with Crippen molar-refractivity contribution >= 4 is 23.4 Å². The van der Waals surface area contributed by atoms with Crippen LogP contribution in [0, 0.1) is 17.8 Å². The summed E-state index contributed by atoms with van der Waals surface area (Å²) < 4.78 is 76.4. The lowest BCUT2D eigenvalue weighted by Gasteiger charge is -2.32. The average Bonchev–Trinajstić information content (AvgIpc) is 3.69. The average molecular weight is 666 g/mol. The number of aryl methyl sites for hydroxylation is 1. The summed E-state index contributed by atoms with van der Waals surface area (Å²) in [5, 5.41) is 14.3. The van der Waals surface area contributed by atoms with Crippen LogP contribution in [-0.4, -0.2) is 75.5 Å². The first-order valence-corrected chi connectivity index (χ1v) is 15.9. The molecule has 2 fully saturated rings. The van der Waals surface area contributed by atoms with Crippen LogP contribution in [0.5, 0.6) is 0 Å². The van der Waals surface area contributed by atoms with Crippen molar-refractivity contribution in [3.05, 3.63) is 53.2 Å². The summed E-state index contributed by atoms with van der Waals surface area (Å²) in [4.78, 5) is 27.5. The molecule has 15 heteroatoms. The molecule has 0 bridgehead atoms. The van der Waals surface area contributed by atoms with Crippen molar-refractivity contribution in [3.8, 4) is 0 Å². The lowest BCUT2D eigenvalue weighted by atomic mass is 9.81. The highest BCUT2D eigenvalue weighted by molar-refractivity contribution is 5.80. The quantitative estimate of drug-likeness (QED) is 0.251. The lowest BCUT2D eigenvalue weighted by Crippen LogP contribution is -2.47. The van der Waals surface area contributed by atoms with E-state index in [-0.39, 0.29) is 37.6 Å². The molecule has 0 radical (unpaired) electrons. The maximum atomic E-state index is 13.7. The standard InChI is InChI=1S/C26H32F5N5O2.C6H8N2O/c1-32-23(16-2-6-25(27,28)7-3-16)21-14-36-22(34-21)12-19(15-4-8-38-9-5-15)20(35-36)11-17-10-18(26(29,30)31)13-33-24(17)37;1-2-8-6(5-9)3-4-7-8/h4,12,14,16-18,23,32H,2-3,5-11,13H2,1H3,(H,33,37);3-5H,2H2,1H3. The summed E-state index contributed by atoms with van der Waals surface area (Å²) in [6.45, 7) is 3.20. The fourth-order valence-electron chi connectivity index (χ4n) is 6.62. The van der Waals surface area contributed by atoms with E-state index in [4.69, 9.17) is 14.8 Å². The maximum Gasteiger partial charge on any atom is 0.393 e. The predicted molar refractivity (Wildman–Crippen MR) is 163 cm³/mol. The number of halogens is 5. The summed E-state index contributed by atoms with van der Waals surface area (Å²) in [7, 11) is 1.78. The summed E-state index contributed by atoms with van der Waals surface area (Å²) in [6, 6.07) is 3.31. The molecule has 0 spiro atoms. The van der Waals surface area contributed by atoms with Crippen LogP contribution in [0.4, 0.5) is 22.0 Å². The molecule has 256 valence electrons. The molecule has 2 N–H and O–H groups in total. The molecule has 3 unspecified atom stereocenters. The number of imidazole rings is 1. The molecule has 2 aliphatic heterocycles. The number of nitrogens with one attached hydrogen (secondary N) is 2. The number of alkyl halides is 5. The van der Waals surface area contributed by atoms with E-state index in [1.54, 1.807) is 34.7 Å². The van der Waals surface area contributed by atoms with Gasteiger partial charge in [0.05, 0.1) is 42.8 Å². The number of ether oxygens (including phenoxy) is 1. The number of hydrogen-bond acceptors (Lipinski definition) is 7. The number of hydrogen-bond donors (Lipinski definition) is 2. The second-order valence-electron chi connectivity index (χ2n) is 12.3. The number of fused-ring (bicyclic) bond motifs is 1. The summed E-state index contributed by atoms with van der Waals surface area (Å²) in [5.74, 6) is -5.51. The first-order chi connectivity index (χ1) is 22.4. The molecule has 6 rings (SSSR count). The Kier molecular flexibility index (Phi) is 10.7. The van der Waals surface area contributed by atoms with Gasteiger partial charge in [0.1, 0.15) is 5.69 Å². The van der Waals surface area contributed by atoms with E-state index in [0.29, 0.717) is 55.2 Å². The number of carbonyl (C=O) groups is 2. The van der Waals surface area contributed by atoms with Crippen molar-refractivity contribution in [1.82, 2.24) is 35.0 Å². The van der Waals surface area contributed by atoms with Gasteiger partial charge in [-0.05, 0) is 63.3 Å². The second kappa shape index (κ2) is 14.6. The van der Waals surface area contributed by atoms with Crippen molar-refractivity contribution in [3.63, 3.8) is 0 Å². The molecule has 3 aromatic rings. The fourth-order valence-corrected chi connectivity index (χ4v) is 6.62. The zero-order chi connectivity index (χ0) is 33.8. The summed E-state index contributed by atoms with van der Waals surface area (Å²) in [5.41, 5.74) is 4.08. The molecule has 1 amide bonds. The fraction of sp³-hybridized carbons (Fsp3) is 0.594. The molecule has 47 heavy (non-hydrogen) atoms. The van der Waals surface area contributed by atoms with E-state index in [0.717, 1.165) is 24.0 Å². The van der Waals surface area contributed by atoms with Gasteiger partial charge in [0.15, 0.2) is 11.9 Å². The predicted octanol–water partition coefficient (Wildman–Crippen LogP) is 5.19. The number of aromatic nitrogens is 5. The van der Waals surface area contributed by atoms with Crippen molar-refractivity contribution < 1.29 is 36.3 Å². The third-order valence-electron chi connectivity index (χ3n) is 9.25. The maximum absolute atomic E-state index is 13.7. The Morgan fingerprint density at radius 2 is 2.02 bits per heavy atom. The van der Waals surface area contributed by atoms with Gasteiger partial charge >= 0.3 is 6.18 Å². The molecular weight excluding hydrogens is 625 g/mol. The number of amides is 1. The van der Waals surface area contributed by atoms with Gasteiger partial charge < -0.3 is 15.4 Å². The van der Waals surface area contributed by atoms with E-state index in [1.165, 1.54) is 0 Å². The van der Waals surface area contributed by atoms with Gasteiger partial charge in [0, 0.05) is 50.0 Å². The van der Waals surface area contributed by atoms with E-state index in [1.807, 2.05) is 19.1 Å². The van der Waals surface area contributed by atoms with Crippen molar-refractivity contribution in [1.29, 1.82) is 0 Å². The highest BCUT2D eigenvalue weighted by atomic mass is 19.4. The molecule has 10 nitrogen and oxygen atoms in total. The number of carbonyl (C=O) groups excluding carboxylic acids is 2. The molecule has 3 aliphatic rings. The van der Waals surface area contributed by atoms with Crippen molar-refractivity contribution in [2.24, 2.45) is 17.8 Å². The van der Waals surface area contributed by atoms with E-state index in [2.05, 4.69) is 15.7 Å². The van der Waals surface area contributed by atoms with Crippen LogP contribution >= 0.6 is 0 Å². The molecule has 1 aliphatic carbocycles. The minimum Gasteiger partial charge on any atom is -0.377 e. The van der Waals surface area contributed by atoms with E-state index < -0.39 is 36.4 Å². The summed E-state index contributed by atoms with van der Waals surface area (Å²) in [6.07, 6.45) is 2.50. The Labute approximate surface area is 269 Å². The van der Waals surface area contributed by atoms with Crippen LogP contribution in [0.25, 0.3) is 11.2 Å². The molecule has 0 aromatic carbocycles. The van der Waals surface area contributed by atoms with E-state index in [9.17, 15) is 31.5 Å². The Balaban J connectivity index is 0.000000417. The molecule has 3 atom stereocenters. The third-order valence-corrected chi connectivity index (χ3v) is 9.25. The van der Waals surface area contributed by atoms with Crippen LogP contribution in [-0.2, 0) is 22.5 Å². The van der Waals surface area contributed by atoms with Crippen LogP contribution in [0.15, 0.2) is 30.6 Å². The molecule has 1 saturated heterocycles. The second-order valence-corrected chi connectivity index (χ2v) is 12.3. The largest absolute Gasteiger partial charge is 0.393 e. The van der Waals surface area contributed by atoms with Crippen LogP contribution in [0.3, 0.4) is 0 Å². The minimum atomic E-state index is -4.39. The van der Waals surface area contributed by atoms with Crippen LogP contribution in [0.2, 0.25) is 0 Å². The number of rotatable bonds is 8. The van der Waals surface area contributed by atoms with Gasteiger partial charge in [-0.25, -0.2) is 18.3 Å². The van der Waals surface area contributed by atoms with Crippen LogP contribution in [0.1, 0.15) is 78.9 Å².